The number of unbranched alkanes of at least 4 members (excludes halogenated alkanes) is 32. The lowest BCUT2D eigenvalue weighted by atomic mass is 10.0. The Bertz CT molecular complexity index is 874. The van der Waals surface area contributed by atoms with E-state index in [1.54, 1.807) is 6.08 Å². The summed E-state index contributed by atoms with van der Waals surface area (Å²) in [5.41, 5.74) is 0. The smallest absolute Gasteiger partial charge is 0.305 e. The quantitative estimate of drug-likeness (QED) is 0.0324. The second kappa shape index (κ2) is 46.0. The van der Waals surface area contributed by atoms with Crippen LogP contribution in [0.25, 0.3) is 0 Å². The Morgan fingerprint density at radius 2 is 0.839 bits per heavy atom. The molecule has 0 spiro atoms. The SMILES string of the molecule is CCCCC/C=C\CCCCCCCC(=O)OCCCCCCCCCCCCCCCCCCCCC(=O)NC(CO)C(O)/C=C/CCCCCCCCC. The molecule has 6 nitrogen and oxygen atoms in total. The maximum absolute atomic E-state index is 12.4. The number of amides is 1. The third-order valence-electron chi connectivity index (χ3n) is 11.2. The fraction of sp³-hybridized carbons (Fsp3) is 0.880. The summed E-state index contributed by atoms with van der Waals surface area (Å²) in [6, 6.07) is -0.628. The molecule has 0 aromatic rings. The van der Waals surface area contributed by atoms with Crippen molar-refractivity contribution in [3.05, 3.63) is 24.3 Å². The topological polar surface area (TPSA) is 95.9 Å². The third kappa shape index (κ3) is 42.0. The van der Waals surface area contributed by atoms with Gasteiger partial charge >= 0.3 is 5.97 Å². The largest absolute Gasteiger partial charge is 0.466 e. The molecule has 0 aromatic carbocycles. The fourth-order valence-corrected chi connectivity index (χ4v) is 7.39. The zero-order valence-corrected chi connectivity index (χ0v) is 37.4. The number of hydrogen-bond acceptors (Lipinski definition) is 5. The maximum Gasteiger partial charge on any atom is 0.305 e. The van der Waals surface area contributed by atoms with E-state index in [-0.39, 0.29) is 18.5 Å². The van der Waals surface area contributed by atoms with Gasteiger partial charge < -0.3 is 20.3 Å². The van der Waals surface area contributed by atoms with Gasteiger partial charge in [0.1, 0.15) is 0 Å². The number of esters is 1. The van der Waals surface area contributed by atoms with Crippen molar-refractivity contribution >= 4 is 11.9 Å². The number of ether oxygens (including phenoxy) is 1. The first kappa shape index (κ1) is 54.3. The highest BCUT2D eigenvalue weighted by molar-refractivity contribution is 5.76. The van der Waals surface area contributed by atoms with Gasteiger partial charge in [-0.15, -0.1) is 0 Å². The Kier molecular flexibility index (Phi) is 44.7. The van der Waals surface area contributed by atoms with E-state index in [1.165, 1.54) is 186 Å². The van der Waals surface area contributed by atoms with Crippen molar-refractivity contribution in [2.24, 2.45) is 0 Å². The summed E-state index contributed by atoms with van der Waals surface area (Å²) in [6.07, 6.45) is 53.2. The van der Waals surface area contributed by atoms with E-state index in [1.807, 2.05) is 6.08 Å². The van der Waals surface area contributed by atoms with Gasteiger partial charge in [0.15, 0.2) is 0 Å². The summed E-state index contributed by atoms with van der Waals surface area (Å²) in [5, 5.41) is 22.9. The van der Waals surface area contributed by atoms with Gasteiger partial charge in [0.2, 0.25) is 5.91 Å². The highest BCUT2D eigenvalue weighted by Crippen LogP contribution is 2.16. The van der Waals surface area contributed by atoms with Crippen LogP contribution in [0, 0.1) is 0 Å². The molecule has 56 heavy (non-hydrogen) atoms. The van der Waals surface area contributed by atoms with Crippen LogP contribution in [0.5, 0.6) is 0 Å². The summed E-state index contributed by atoms with van der Waals surface area (Å²) in [5.74, 6) is -0.0798. The summed E-state index contributed by atoms with van der Waals surface area (Å²) >= 11 is 0. The van der Waals surface area contributed by atoms with E-state index < -0.39 is 12.1 Å². The van der Waals surface area contributed by atoms with E-state index in [2.05, 4.69) is 31.3 Å². The maximum atomic E-state index is 12.4. The predicted octanol–water partition coefficient (Wildman–Crippen LogP) is 14.3. The molecule has 0 rings (SSSR count). The number of carbonyl (C=O) groups excluding carboxylic acids is 2. The lowest BCUT2D eigenvalue weighted by molar-refractivity contribution is -0.143. The van der Waals surface area contributed by atoms with Crippen LogP contribution in [0.2, 0.25) is 0 Å². The number of nitrogens with one attached hydrogen (secondary N) is 1. The standard InChI is InChI=1S/C50H95NO5/c1-3-5-7-9-11-13-14-24-28-32-36-40-44-50(55)56-45-41-37-33-29-25-22-20-18-16-15-17-19-21-23-27-31-35-39-43-49(54)51-47(46-52)48(53)42-38-34-30-26-12-10-8-6-4-2/h11,13,38,42,47-48,52-53H,3-10,12,14-37,39-41,43-46H2,1-2H3,(H,51,54)/b13-11-,42-38+. The van der Waals surface area contributed by atoms with Gasteiger partial charge in [-0.3, -0.25) is 9.59 Å². The first-order valence-corrected chi connectivity index (χ1v) is 24.6. The van der Waals surface area contributed by atoms with Gasteiger partial charge in [-0.25, -0.2) is 0 Å². The second-order valence-corrected chi connectivity index (χ2v) is 16.8. The van der Waals surface area contributed by atoms with E-state index in [0.29, 0.717) is 19.4 Å². The number of hydrogen-bond donors (Lipinski definition) is 3. The van der Waals surface area contributed by atoms with Crippen molar-refractivity contribution < 1.29 is 24.5 Å². The van der Waals surface area contributed by atoms with Crippen LogP contribution in [-0.2, 0) is 14.3 Å². The van der Waals surface area contributed by atoms with E-state index in [0.717, 1.165) is 44.9 Å². The Balaban J connectivity index is 3.41. The molecule has 0 aliphatic carbocycles. The zero-order chi connectivity index (χ0) is 40.8. The van der Waals surface area contributed by atoms with Gasteiger partial charge in [0.25, 0.3) is 0 Å². The Morgan fingerprint density at radius 3 is 1.30 bits per heavy atom. The fourth-order valence-electron chi connectivity index (χ4n) is 7.39. The van der Waals surface area contributed by atoms with Crippen LogP contribution in [0.4, 0.5) is 0 Å². The first-order chi connectivity index (χ1) is 27.5. The minimum Gasteiger partial charge on any atom is -0.466 e. The van der Waals surface area contributed by atoms with Crippen LogP contribution in [-0.4, -0.2) is 47.4 Å². The average molecular weight is 790 g/mol. The molecule has 0 saturated carbocycles. The molecule has 6 heteroatoms. The van der Waals surface area contributed by atoms with Crippen molar-refractivity contribution in [2.45, 2.75) is 270 Å². The minimum atomic E-state index is -0.844. The summed E-state index contributed by atoms with van der Waals surface area (Å²) in [7, 11) is 0. The molecule has 3 N–H and O–H groups in total. The van der Waals surface area contributed by atoms with Crippen molar-refractivity contribution in [3.63, 3.8) is 0 Å². The van der Waals surface area contributed by atoms with Crippen molar-refractivity contribution in [1.82, 2.24) is 5.32 Å². The molecule has 0 heterocycles. The highest BCUT2D eigenvalue weighted by Gasteiger charge is 2.18. The zero-order valence-electron chi connectivity index (χ0n) is 37.4. The van der Waals surface area contributed by atoms with Crippen molar-refractivity contribution in [2.75, 3.05) is 13.2 Å². The van der Waals surface area contributed by atoms with Gasteiger partial charge in [-0.05, 0) is 57.8 Å². The van der Waals surface area contributed by atoms with E-state index in [9.17, 15) is 19.8 Å². The number of aliphatic hydroxyl groups excluding tert-OH is 2. The van der Waals surface area contributed by atoms with Crippen LogP contribution in [0.3, 0.4) is 0 Å². The molecule has 0 aliphatic rings. The van der Waals surface area contributed by atoms with Crippen LogP contribution >= 0.6 is 0 Å². The monoisotopic (exact) mass is 790 g/mol. The number of aliphatic hydroxyl groups is 2. The molecule has 1 amide bonds. The average Bonchev–Trinajstić information content (AvgIpc) is 3.20. The molecule has 0 saturated heterocycles. The number of rotatable bonds is 45. The molecule has 0 radical (unpaired) electrons. The highest BCUT2D eigenvalue weighted by atomic mass is 16.5. The molecule has 330 valence electrons. The molecule has 0 aliphatic heterocycles. The Labute approximate surface area is 348 Å². The molecule has 0 fully saturated rings. The third-order valence-corrected chi connectivity index (χ3v) is 11.2. The lowest BCUT2D eigenvalue weighted by Gasteiger charge is -2.20. The minimum absolute atomic E-state index is 0.00440. The second-order valence-electron chi connectivity index (χ2n) is 16.8. The first-order valence-electron chi connectivity index (χ1n) is 24.6. The molecule has 2 atom stereocenters. The van der Waals surface area contributed by atoms with Crippen LogP contribution < -0.4 is 5.32 Å². The Hall–Kier alpha value is -1.66. The van der Waals surface area contributed by atoms with Gasteiger partial charge in [-0.1, -0.05) is 212 Å². The molecule has 2 unspecified atom stereocenters. The van der Waals surface area contributed by atoms with E-state index >= 15 is 0 Å². The van der Waals surface area contributed by atoms with Crippen molar-refractivity contribution in [1.29, 1.82) is 0 Å². The molecule has 0 bridgehead atoms. The van der Waals surface area contributed by atoms with Crippen LogP contribution in [0.15, 0.2) is 24.3 Å². The number of allylic oxidation sites excluding steroid dienone is 3. The molecular formula is C50H95NO5. The predicted molar refractivity (Wildman–Crippen MR) is 241 cm³/mol. The summed E-state index contributed by atoms with van der Waals surface area (Å²) < 4.78 is 5.45. The van der Waals surface area contributed by atoms with E-state index in [4.69, 9.17) is 4.74 Å². The summed E-state index contributed by atoms with van der Waals surface area (Å²) in [6.45, 7) is 4.83. The number of carbonyl (C=O) groups is 2. The van der Waals surface area contributed by atoms with Gasteiger partial charge in [0, 0.05) is 12.8 Å². The molecular weight excluding hydrogens is 695 g/mol. The van der Waals surface area contributed by atoms with Crippen molar-refractivity contribution in [3.8, 4) is 0 Å². The normalized spacial score (nSPS) is 12.9. The Morgan fingerprint density at radius 1 is 0.482 bits per heavy atom. The van der Waals surface area contributed by atoms with Gasteiger partial charge in [-0.2, -0.15) is 0 Å². The van der Waals surface area contributed by atoms with Crippen LogP contribution in [0.1, 0.15) is 258 Å². The lowest BCUT2D eigenvalue weighted by Crippen LogP contribution is -2.45. The van der Waals surface area contributed by atoms with Gasteiger partial charge in [0.05, 0.1) is 25.4 Å². The molecule has 0 aromatic heterocycles. The summed E-state index contributed by atoms with van der Waals surface area (Å²) in [4.78, 5) is 24.3.